The Hall–Kier alpha value is -3.73. The smallest absolute Gasteiger partial charge is 0.356 e. The summed E-state index contributed by atoms with van der Waals surface area (Å²) in [4.78, 5) is 24.1. The summed E-state index contributed by atoms with van der Waals surface area (Å²) < 4.78 is 39.8. The van der Waals surface area contributed by atoms with Crippen molar-refractivity contribution >= 4 is 28.7 Å². The van der Waals surface area contributed by atoms with Crippen LogP contribution in [0.15, 0.2) is 48.5 Å². The molecule has 7 rings (SSSR count). The van der Waals surface area contributed by atoms with Gasteiger partial charge in [-0.2, -0.15) is 0 Å². The molecule has 2 aromatic heterocycles. The molecular formula is C32H32ClFN4O5. The number of nitrogens with zero attached hydrogens (tertiary/aromatic N) is 4. The van der Waals surface area contributed by atoms with E-state index in [1.807, 2.05) is 18.2 Å². The Morgan fingerprint density at radius 2 is 1.93 bits per heavy atom. The SMILES string of the molecule is COC(=O)c1ccc2nc(CN3CCC(c4cccc5c4O[C@@H](c4ccc(Cl)cc4F)CO5)CC3)n(CC3CCO3)c2n1. The number of carbonyl (C=O) groups excluding carboxylic acids is 1. The van der Waals surface area contributed by atoms with Gasteiger partial charge in [-0.1, -0.05) is 29.8 Å². The lowest BCUT2D eigenvalue weighted by atomic mass is 9.88. The molecule has 5 heterocycles. The van der Waals surface area contributed by atoms with Gasteiger partial charge in [0.1, 0.15) is 23.8 Å². The van der Waals surface area contributed by atoms with Gasteiger partial charge < -0.3 is 23.5 Å². The number of aromatic nitrogens is 3. The highest BCUT2D eigenvalue weighted by Crippen LogP contribution is 2.45. The van der Waals surface area contributed by atoms with Crippen LogP contribution >= 0.6 is 11.6 Å². The number of imidazole rings is 1. The second-order valence-electron chi connectivity index (χ2n) is 11.3. The lowest BCUT2D eigenvalue weighted by molar-refractivity contribution is -0.0593. The van der Waals surface area contributed by atoms with E-state index in [0.717, 1.165) is 55.9 Å². The molecule has 1 unspecified atom stereocenters. The number of methoxy groups -OCH3 is 1. The highest BCUT2D eigenvalue weighted by Gasteiger charge is 2.32. The molecule has 9 nitrogen and oxygen atoms in total. The standard InChI is InChI=1S/C32H32ClFN4O5/c1-40-32(39)26-8-7-25-31(36-26)38(16-21-11-14-41-21)29(35-25)17-37-12-9-19(10-13-37)22-3-2-4-27-30(22)43-28(18-42-27)23-6-5-20(33)15-24(23)34/h2-8,15,19,21,28H,9-14,16-18H2,1H3/t21?,28-/m1/s1. The number of piperidine rings is 1. The van der Waals surface area contributed by atoms with Crippen molar-refractivity contribution in [3.63, 3.8) is 0 Å². The maximum Gasteiger partial charge on any atom is 0.356 e. The van der Waals surface area contributed by atoms with E-state index in [1.54, 1.807) is 18.2 Å². The molecular weight excluding hydrogens is 575 g/mol. The topological polar surface area (TPSA) is 87.9 Å². The second kappa shape index (κ2) is 11.7. The van der Waals surface area contributed by atoms with Crippen LogP contribution in [-0.2, 0) is 22.6 Å². The van der Waals surface area contributed by atoms with Crippen LogP contribution in [0.4, 0.5) is 4.39 Å². The third-order valence-electron chi connectivity index (χ3n) is 8.61. The molecule has 2 fully saturated rings. The summed E-state index contributed by atoms with van der Waals surface area (Å²) in [6, 6.07) is 14.1. The zero-order valence-electron chi connectivity index (χ0n) is 23.8. The van der Waals surface area contributed by atoms with Crippen molar-refractivity contribution in [1.82, 2.24) is 19.4 Å². The lowest BCUT2D eigenvalue weighted by Crippen LogP contribution is -2.35. The molecule has 43 heavy (non-hydrogen) atoms. The van der Waals surface area contributed by atoms with E-state index in [9.17, 15) is 9.18 Å². The van der Waals surface area contributed by atoms with Gasteiger partial charge in [0.25, 0.3) is 0 Å². The fraction of sp³-hybridized carbons (Fsp3) is 0.406. The largest absolute Gasteiger partial charge is 0.485 e. The molecule has 4 aromatic rings. The number of para-hydroxylation sites is 1. The van der Waals surface area contributed by atoms with E-state index < -0.39 is 17.9 Å². The number of fused-ring (bicyclic) bond motifs is 2. The van der Waals surface area contributed by atoms with Gasteiger partial charge in [-0.05, 0) is 68.6 Å². The van der Waals surface area contributed by atoms with E-state index in [0.29, 0.717) is 40.8 Å². The van der Waals surface area contributed by atoms with Gasteiger partial charge in [-0.3, -0.25) is 4.90 Å². The average molecular weight is 607 g/mol. The van der Waals surface area contributed by atoms with Gasteiger partial charge in [0, 0.05) is 22.8 Å². The molecule has 0 spiro atoms. The molecule has 0 aliphatic carbocycles. The van der Waals surface area contributed by atoms with Crippen LogP contribution < -0.4 is 9.47 Å². The van der Waals surface area contributed by atoms with Crippen molar-refractivity contribution in [3.8, 4) is 11.5 Å². The third kappa shape index (κ3) is 5.55. The Kier molecular flexibility index (Phi) is 7.67. The first-order valence-electron chi connectivity index (χ1n) is 14.6. The predicted octanol–water partition coefficient (Wildman–Crippen LogP) is 5.69. The van der Waals surface area contributed by atoms with Crippen LogP contribution in [0.5, 0.6) is 11.5 Å². The van der Waals surface area contributed by atoms with Gasteiger partial charge in [-0.25, -0.2) is 19.2 Å². The average Bonchev–Trinajstić information content (AvgIpc) is 3.34. The van der Waals surface area contributed by atoms with E-state index in [2.05, 4.69) is 20.5 Å². The molecule has 0 saturated carbocycles. The number of halogens is 2. The number of likely N-dealkylation sites (tertiary alicyclic amines) is 1. The molecule has 2 atom stereocenters. The monoisotopic (exact) mass is 606 g/mol. The summed E-state index contributed by atoms with van der Waals surface area (Å²) in [5.74, 6) is 1.69. The summed E-state index contributed by atoms with van der Waals surface area (Å²) in [6.45, 7) is 4.03. The maximum absolute atomic E-state index is 14.7. The number of rotatable bonds is 7. The van der Waals surface area contributed by atoms with Crippen molar-refractivity contribution in [2.45, 2.75) is 50.5 Å². The van der Waals surface area contributed by atoms with Crippen molar-refractivity contribution in [2.24, 2.45) is 0 Å². The first kappa shape index (κ1) is 28.1. The number of benzene rings is 2. The molecule has 0 amide bonds. The predicted molar refractivity (Wildman–Crippen MR) is 157 cm³/mol. The van der Waals surface area contributed by atoms with Gasteiger partial charge in [0.05, 0.1) is 26.3 Å². The molecule has 0 N–H and O–H groups in total. The Morgan fingerprint density at radius 1 is 1.09 bits per heavy atom. The minimum Gasteiger partial charge on any atom is -0.485 e. The molecule has 3 aliphatic heterocycles. The number of pyridine rings is 1. The molecule has 2 saturated heterocycles. The Balaban J connectivity index is 1.07. The second-order valence-corrected chi connectivity index (χ2v) is 11.7. The minimum atomic E-state index is -0.549. The van der Waals surface area contributed by atoms with Crippen molar-refractivity contribution in [1.29, 1.82) is 0 Å². The third-order valence-corrected chi connectivity index (χ3v) is 8.84. The number of hydrogen-bond donors (Lipinski definition) is 0. The van der Waals surface area contributed by atoms with Gasteiger partial charge in [0.15, 0.2) is 28.9 Å². The zero-order chi connectivity index (χ0) is 29.5. The van der Waals surface area contributed by atoms with Crippen LogP contribution in [0.3, 0.4) is 0 Å². The Morgan fingerprint density at radius 3 is 2.67 bits per heavy atom. The zero-order valence-corrected chi connectivity index (χ0v) is 24.6. The molecule has 11 heteroatoms. The minimum absolute atomic E-state index is 0.113. The summed E-state index contributed by atoms with van der Waals surface area (Å²) in [7, 11) is 1.35. The number of hydrogen-bond acceptors (Lipinski definition) is 8. The van der Waals surface area contributed by atoms with Crippen molar-refractivity contribution < 1.29 is 28.1 Å². The fourth-order valence-corrected chi connectivity index (χ4v) is 6.32. The van der Waals surface area contributed by atoms with Crippen LogP contribution in [-0.4, -0.2) is 64.9 Å². The quantitative estimate of drug-likeness (QED) is 0.248. The first-order valence-corrected chi connectivity index (χ1v) is 15.0. The number of ether oxygens (including phenoxy) is 4. The van der Waals surface area contributed by atoms with Crippen LogP contribution in [0.1, 0.15) is 58.7 Å². The molecule has 2 aromatic carbocycles. The normalized spacial score (nSPS) is 20.6. The molecule has 224 valence electrons. The van der Waals surface area contributed by atoms with Gasteiger partial charge >= 0.3 is 5.97 Å². The Labute approximate surface area is 253 Å². The maximum atomic E-state index is 14.7. The van der Waals surface area contributed by atoms with E-state index in [-0.39, 0.29) is 24.3 Å². The summed E-state index contributed by atoms with van der Waals surface area (Å²) in [5, 5.41) is 0.347. The van der Waals surface area contributed by atoms with E-state index >= 15 is 0 Å². The first-order chi connectivity index (χ1) is 21.0. The highest BCUT2D eigenvalue weighted by molar-refractivity contribution is 6.30. The Bertz CT molecular complexity index is 1670. The number of esters is 1. The summed E-state index contributed by atoms with van der Waals surface area (Å²) >= 11 is 5.96. The van der Waals surface area contributed by atoms with Crippen molar-refractivity contribution in [2.75, 3.05) is 33.4 Å². The molecule has 0 radical (unpaired) electrons. The number of carbonyl (C=O) groups is 1. The fourth-order valence-electron chi connectivity index (χ4n) is 6.17. The van der Waals surface area contributed by atoms with Crippen LogP contribution in [0, 0.1) is 5.82 Å². The van der Waals surface area contributed by atoms with Crippen LogP contribution in [0.2, 0.25) is 5.02 Å². The highest BCUT2D eigenvalue weighted by atomic mass is 35.5. The summed E-state index contributed by atoms with van der Waals surface area (Å²) in [6.07, 6.45) is 2.40. The van der Waals surface area contributed by atoms with Gasteiger partial charge in [0.2, 0.25) is 0 Å². The van der Waals surface area contributed by atoms with E-state index in [1.165, 1.54) is 13.2 Å². The van der Waals surface area contributed by atoms with Crippen molar-refractivity contribution in [3.05, 3.63) is 82.0 Å². The van der Waals surface area contributed by atoms with E-state index in [4.69, 9.17) is 35.5 Å². The lowest BCUT2D eigenvalue weighted by Gasteiger charge is -2.35. The molecule has 0 bridgehead atoms. The summed E-state index contributed by atoms with van der Waals surface area (Å²) in [5.41, 5.74) is 3.20. The molecule has 3 aliphatic rings. The van der Waals surface area contributed by atoms with Crippen LogP contribution in [0.25, 0.3) is 11.2 Å². The van der Waals surface area contributed by atoms with Gasteiger partial charge in [-0.15, -0.1) is 0 Å².